The summed E-state index contributed by atoms with van der Waals surface area (Å²) in [6.07, 6.45) is 6.94. The molecule has 8 nitrogen and oxygen atoms in total. The molecule has 228 valence electrons. The highest BCUT2D eigenvalue weighted by Crippen LogP contribution is 2.38. The van der Waals surface area contributed by atoms with Gasteiger partial charge in [-0.1, -0.05) is 35.7 Å². The van der Waals surface area contributed by atoms with Crippen LogP contribution in [0.2, 0.25) is 63.5 Å². The van der Waals surface area contributed by atoms with Crippen LogP contribution in [0.25, 0.3) is 0 Å². The van der Waals surface area contributed by atoms with E-state index in [0.29, 0.717) is 50.6 Å². The Labute approximate surface area is 249 Å². The molecule has 0 spiro atoms. The highest BCUT2D eigenvalue weighted by Gasteiger charge is 2.56. The second-order valence-electron chi connectivity index (χ2n) is 10.8. The van der Waals surface area contributed by atoms with Gasteiger partial charge in [-0.25, -0.2) is 0 Å². The van der Waals surface area contributed by atoms with Crippen LogP contribution in [0.3, 0.4) is 0 Å². The van der Waals surface area contributed by atoms with Gasteiger partial charge < -0.3 is 34.2 Å². The van der Waals surface area contributed by atoms with Crippen molar-refractivity contribution >= 4 is 51.4 Å². The molecule has 14 heteroatoms. The fourth-order valence-corrected chi connectivity index (χ4v) is 33.1. The minimum absolute atomic E-state index is 0.420. The maximum Gasteiger partial charge on any atom is 0.343 e. The molecule has 0 N–H and O–H groups in total. The van der Waals surface area contributed by atoms with Crippen molar-refractivity contribution in [2.24, 2.45) is 0 Å². The van der Waals surface area contributed by atoms with Crippen LogP contribution < -0.4 is 0 Å². The van der Waals surface area contributed by atoms with Crippen molar-refractivity contribution in [3.63, 3.8) is 0 Å². The zero-order valence-electron chi connectivity index (χ0n) is 25.6. The van der Waals surface area contributed by atoms with Crippen molar-refractivity contribution in [3.05, 3.63) is 75.2 Å². The Morgan fingerprint density at radius 3 is 0.975 bits per heavy atom. The molecular formula is C26H52O8Si6. The molecule has 1 rings (SSSR count). The summed E-state index contributed by atoms with van der Waals surface area (Å²) in [5.41, 5.74) is 3.65. The van der Waals surface area contributed by atoms with Crippen LogP contribution in [0.4, 0.5) is 0 Å². The molecule has 0 aromatic rings. The second kappa shape index (κ2) is 16.3. The summed E-state index contributed by atoms with van der Waals surface area (Å²) < 4.78 is 52.3. The molecular weight excluding hydrogens is 609 g/mol. The van der Waals surface area contributed by atoms with Crippen LogP contribution >= 0.6 is 0 Å². The standard InChI is InChI=1S/C26H52O8Si6/c1-13-19-27-37(9,28-20-14-2)23-25-39(11)31-35(7,17-5)33-40(12,34-36(8,18-6)32-39)26-24-38(10,29-21-15-3)30-22-16-4/h13-18H,1-6,19-26H2,7-12H3. The third kappa shape index (κ3) is 12.3. The third-order valence-electron chi connectivity index (χ3n) is 6.51. The quantitative estimate of drug-likeness (QED) is 0.105. The molecule has 0 aromatic heterocycles. The van der Waals surface area contributed by atoms with E-state index in [1.165, 1.54) is 0 Å². The number of rotatable bonds is 20. The molecule has 1 fully saturated rings. The van der Waals surface area contributed by atoms with Crippen molar-refractivity contribution in [2.75, 3.05) is 26.4 Å². The Bertz CT molecular complexity index is 779. The predicted octanol–water partition coefficient (Wildman–Crippen LogP) is 6.76. The van der Waals surface area contributed by atoms with E-state index in [1.54, 1.807) is 24.3 Å². The van der Waals surface area contributed by atoms with Crippen molar-refractivity contribution < 1.29 is 34.2 Å². The lowest BCUT2D eigenvalue weighted by molar-refractivity contribution is 0.202. The highest BCUT2D eigenvalue weighted by atomic mass is 28.5. The van der Waals surface area contributed by atoms with E-state index < -0.39 is 51.4 Å². The molecule has 1 aliphatic heterocycles. The van der Waals surface area contributed by atoms with Gasteiger partial charge in [-0.15, -0.1) is 39.5 Å². The fourth-order valence-electron chi connectivity index (χ4n) is 4.39. The van der Waals surface area contributed by atoms with Crippen molar-refractivity contribution in [1.82, 2.24) is 0 Å². The van der Waals surface area contributed by atoms with Crippen molar-refractivity contribution in [2.45, 2.75) is 63.5 Å². The van der Waals surface area contributed by atoms with E-state index >= 15 is 0 Å². The SMILES string of the molecule is C=CCO[Si](C)(CC[Si]1(C)O[Si](C)(C=C)O[Si](C)(CC[Si](C)(OCC=C)OCC=C)O[Si](C)(C=C)O1)OCC=C. The lowest BCUT2D eigenvalue weighted by Crippen LogP contribution is -2.67. The van der Waals surface area contributed by atoms with Gasteiger partial charge >= 0.3 is 51.4 Å². The second-order valence-corrected chi connectivity index (χ2v) is 31.2. The molecule has 1 saturated heterocycles. The summed E-state index contributed by atoms with van der Waals surface area (Å²) in [6.45, 7) is 37.3. The van der Waals surface area contributed by atoms with Crippen LogP contribution in [0, 0.1) is 0 Å². The van der Waals surface area contributed by atoms with Crippen LogP contribution in [-0.2, 0) is 34.2 Å². The first-order valence-electron chi connectivity index (χ1n) is 13.7. The Kier molecular flexibility index (Phi) is 15.3. The summed E-state index contributed by atoms with van der Waals surface area (Å²) in [5, 5.41) is 0. The predicted molar refractivity (Wildman–Crippen MR) is 178 cm³/mol. The first-order valence-corrected chi connectivity index (χ1v) is 28.6. The minimum atomic E-state index is -2.91. The third-order valence-corrected chi connectivity index (χ3v) is 30.1. The van der Waals surface area contributed by atoms with Crippen LogP contribution in [0.15, 0.2) is 75.2 Å². The first-order chi connectivity index (χ1) is 18.6. The Morgan fingerprint density at radius 1 is 0.525 bits per heavy atom. The zero-order valence-corrected chi connectivity index (χ0v) is 31.6. The summed E-state index contributed by atoms with van der Waals surface area (Å²) >= 11 is 0. The molecule has 0 amide bonds. The molecule has 0 aliphatic carbocycles. The molecule has 1 heterocycles. The minimum Gasteiger partial charge on any atom is -0.413 e. The number of hydrogen-bond acceptors (Lipinski definition) is 8. The lowest BCUT2D eigenvalue weighted by Gasteiger charge is -2.49. The van der Waals surface area contributed by atoms with Crippen molar-refractivity contribution in [3.8, 4) is 0 Å². The molecule has 0 radical (unpaired) electrons. The van der Waals surface area contributed by atoms with Gasteiger partial charge in [0.1, 0.15) is 0 Å². The summed E-state index contributed by atoms with van der Waals surface area (Å²) in [6, 6.07) is 2.66. The van der Waals surface area contributed by atoms with Gasteiger partial charge in [0.05, 0.1) is 26.4 Å². The van der Waals surface area contributed by atoms with E-state index in [4.69, 9.17) is 34.2 Å². The highest BCUT2D eigenvalue weighted by molar-refractivity contribution is 6.96. The fraction of sp³-hybridized carbons (Fsp3) is 0.538. The lowest BCUT2D eigenvalue weighted by atomic mass is 10.7. The molecule has 1 aliphatic rings. The smallest absolute Gasteiger partial charge is 0.343 e. The van der Waals surface area contributed by atoms with Crippen LogP contribution in [0.1, 0.15) is 0 Å². The van der Waals surface area contributed by atoms with E-state index in [-0.39, 0.29) is 0 Å². The van der Waals surface area contributed by atoms with E-state index in [0.717, 1.165) is 0 Å². The van der Waals surface area contributed by atoms with Gasteiger partial charge in [0, 0.05) is 0 Å². The van der Waals surface area contributed by atoms with Crippen molar-refractivity contribution in [1.29, 1.82) is 0 Å². The zero-order chi connectivity index (χ0) is 30.6. The molecule has 40 heavy (non-hydrogen) atoms. The largest absolute Gasteiger partial charge is 0.413 e. The van der Waals surface area contributed by atoms with Crippen LogP contribution in [0.5, 0.6) is 0 Å². The number of hydrogen-bond donors (Lipinski definition) is 0. The summed E-state index contributed by atoms with van der Waals surface area (Å²) in [5.74, 6) is 0. The normalized spacial score (nSPS) is 29.6. The summed E-state index contributed by atoms with van der Waals surface area (Å²) in [7, 11) is -16.6. The Balaban J connectivity index is 3.28. The maximum atomic E-state index is 6.92. The summed E-state index contributed by atoms with van der Waals surface area (Å²) in [4.78, 5) is 0. The average molecular weight is 661 g/mol. The van der Waals surface area contributed by atoms with Gasteiger partial charge in [-0.05, 0) is 63.5 Å². The maximum absolute atomic E-state index is 6.92. The monoisotopic (exact) mass is 660 g/mol. The van der Waals surface area contributed by atoms with Gasteiger partial charge in [-0.2, -0.15) is 0 Å². The van der Waals surface area contributed by atoms with Gasteiger partial charge in [-0.3, -0.25) is 0 Å². The van der Waals surface area contributed by atoms with Crippen LogP contribution in [-0.4, -0.2) is 77.8 Å². The molecule has 0 atom stereocenters. The molecule has 0 saturated carbocycles. The molecule has 0 aromatic carbocycles. The van der Waals surface area contributed by atoms with Gasteiger partial charge in [0.25, 0.3) is 0 Å². The first kappa shape index (κ1) is 37.4. The van der Waals surface area contributed by atoms with Gasteiger partial charge in [0.2, 0.25) is 0 Å². The molecule has 0 bridgehead atoms. The van der Waals surface area contributed by atoms with E-state index in [2.05, 4.69) is 65.7 Å². The topological polar surface area (TPSA) is 73.8 Å². The molecule has 0 unspecified atom stereocenters. The van der Waals surface area contributed by atoms with E-state index in [1.807, 2.05) is 24.5 Å². The van der Waals surface area contributed by atoms with Gasteiger partial charge in [0.15, 0.2) is 0 Å². The van der Waals surface area contributed by atoms with E-state index in [9.17, 15) is 0 Å². The average Bonchev–Trinajstić information content (AvgIpc) is 2.90. The Hall–Kier alpha value is -0.579. The Morgan fingerprint density at radius 2 is 0.775 bits per heavy atom.